The van der Waals surface area contributed by atoms with Crippen molar-refractivity contribution in [3.8, 4) is 0 Å². The fourth-order valence-electron chi connectivity index (χ4n) is 1.92. The first-order valence-electron chi connectivity index (χ1n) is 5.62. The predicted molar refractivity (Wildman–Crippen MR) is 70.0 cm³/mol. The normalized spacial score (nSPS) is 21.1. The molecule has 1 saturated carbocycles. The van der Waals surface area contributed by atoms with E-state index in [1.54, 1.807) is 0 Å². The highest BCUT2D eigenvalue weighted by Gasteiger charge is 2.19. The van der Waals surface area contributed by atoms with Crippen LogP contribution in [-0.4, -0.2) is 11.0 Å². The molecule has 0 bridgehead atoms. The number of rotatable bonds is 3. The molecule has 1 unspecified atom stereocenters. The highest BCUT2D eigenvalue weighted by Crippen LogP contribution is 2.29. The van der Waals surface area contributed by atoms with Crippen LogP contribution in [0.25, 0.3) is 0 Å². The number of ketones is 1. The summed E-state index contributed by atoms with van der Waals surface area (Å²) in [6, 6.07) is 7.95. The standard InChI is InChI=1S/C13H15ClOS/c14-11-6-4-10(5-7-11)9-16-13-3-1-2-12(15)8-13/h4-7,13H,1-3,8-9H2. The number of halogens is 1. The van der Waals surface area contributed by atoms with Crippen LogP contribution >= 0.6 is 23.4 Å². The summed E-state index contributed by atoms with van der Waals surface area (Å²) in [5.74, 6) is 1.41. The SMILES string of the molecule is O=C1CCCC(SCc2ccc(Cl)cc2)C1. The third-order valence-electron chi connectivity index (χ3n) is 2.84. The summed E-state index contributed by atoms with van der Waals surface area (Å²) in [6.07, 6.45) is 3.80. The minimum absolute atomic E-state index is 0.430. The fourth-order valence-corrected chi connectivity index (χ4v) is 3.31. The first kappa shape index (κ1) is 12.0. The average molecular weight is 255 g/mol. The molecule has 0 spiro atoms. The number of thioether (sulfide) groups is 1. The molecule has 1 nitrogen and oxygen atoms in total. The number of benzene rings is 1. The van der Waals surface area contributed by atoms with Crippen molar-refractivity contribution in [1.82, 2.24) is 0 Å². The van der Waals surface area contributed by atoms with E-state index >= 15 is 0 Å². The molecule has 0 N–H and O–H groups in total. The summed E-state index contributed by atoms with van der Waals surface area (Å²) in [5, 5.41) is 1.30. The van der Waals surface area contributed by atoms with Crippen molar-refractivity contribution < 1.29 is 4.79 Å². The summed E-state index contributed by atoms with van der Waals surface area (Å²) < 4.78 is 0. The van der Waals surface area contributed by atoms with Crippen LogP contribution in [0.1, 0.15) is 31.2 Å². The molecule has 16 heavy (non-hydrogen) atoms. The first-order chi connectivity index (χ1) is 7.74. The van der Waals surface area contributed by atoms with Gasteiger partial charge in [-0.3, -0.25) is 4.79 Å². The summed E-state index contributed by atoms with van der Waals surface area (Å²) in [7, 11) is 0. The van der Waals surface area contributed by atoms with Gasteiger partial charge in [-0.2, -0.15) is 11.8 Å². The largest absolute Gasteiger partial charge is 0.300 e. The van der Waals surface area contributed by atoms with Gasteiger partial charge in [-0.25, -0.2) is 0 Å². The van der Waals surface area contributed by atoms with Gasteiger partial charge in [-0.05, 0) is 30.5 Å². The van der Waals surface area contributed by atoms with Gasteiger partial charge in [0.1, 0.15) is 5.78 Å². The van der Waals surface area contributed by atoms with Crippen LogP contribution in [0.3, 0.4) is 0 Å². The maximum absolute atomic E-state index is 11.3. The van der Waals surface area contributed by atoms with E-state index in [0.29, 0.717) is 11.0 Å². The Bertz CT molecular complexity index is 361. The lowest BCUT2D eigenvalue weighted by atomic mass is 9.99. The maximum Gasteiger partial charge on any atom is 0.134 e. The van der Waals surface area contributed by atoms with Crippen molar-refractivity contribution >= 4 is 29.1 Å². The van der Waals surface area contributed by atoms with Gasteiger partial charge in [0.05, 0.1) is 0 Å². The Labute approximate surface area is 106 Å². The molecule has 1 aromatic carbocycles. The summed E-state index contributed by atoms with van der Waals surface area (Å²) in [6.45, 7) is 0. The molecule has 0 radical (unpaired) electrons. The first-order valence-corrected chi connectivity index (χ1v) is 7.04. The van der Waals surface area contributed by atoms with E-state index in [4.69, 9.17) is 11.6 Å². The van der Waals surface area contributed by atoms with Gasteiger partial charge >= 0.3 is 0 Å². The monoisotopic (exact) mass is 254 g/mol. The zero-order valence-electron chi connectivity index (χ0n) is 9.12. The van der Waals surface area contributed by atoms with Crippen LogP contribution in [0.4, 0.5) is 0 Å². The van der Waals surface area contributed by atoms with E-state index in [9.17, 15) is 4.79 Å². The second-order valence-electron chi connectivity index (χ2n) is 4.19. The van der Waals surface area contributed by atoms with Gasteiger partial charge < -0.3 is 0 Å². The zero-order chi connectivity index (χ0) is 11.4. The van der Waals surface area contributed by atoms with Crippen LogP contribution in [0.5, 0.6) is 0 Å². The minimum Gasteiger partial charge on any atom is -0.300 e. The van der Waals surface area contributed by atoms with Crippen molar-refractivity contribution in [3.05, 3.63) is 34.9 Å². The summed E-state index contributed by atoms with van der Waals surface area (Å²) >= 11 is 7.72. The van der Waals surface area contributed by atoms with Gasteiger partial charge in [0, 0.05) is 28.9 Å². The Hall–Kier alpha value is -0.470. The second-order valence-corrected chi connectivity index (χ2v) is 5.92. The molecule has 0 aliphatic heterocycles. The van der Waals surface area contributed by atoms with Crippen molar-refractivity contribution in [2.45, 2.75) is 36.7 Å². The molecule has 3 heteroatoms. The van der Waals surface area contributed by atoms with Crippen LogP contribution in [0.15, 0.2) is 24.3 Å². The Morgan fingerprint density at radius 1 is 1.31 bits per heavy atom. The quantitative estimate of drug-likeness (QED) is 0.808. The maximum atomic E-state index is 11.3. The van der Waals surface area contributed by atoms with E-state index in [2.05, 4.69) is 12.1 Å². The van der Waals surface area contributed by atoms with Crippen LogP contribution in [0, 0.1) is 0 Å². The number of hydrogen-bond donors (Lipinski definition) is 0. The smallest absolute Gasteiger partial charge is 0.134 e. The van der Waals surface area contributed by atoms with Gasteiger partial charge in [0.2, 0.25) is 0 Å². The van der Waals surface area contributed by atoms with E-state index in [1.807, 2.05) is 23.9 Å². The molecule has 2 rings (SSSR count). The molecule has 1 atom stereocenters. The molecular weight excluding hydrogens is 240 g/mol. The lowest BCUT2D eigenvalue weighted by Gasteiger charge is -2.20. The van der Waals surface area contributed by atoms with Crippen molar-refractivity contribution in [2.75, 3.05) is 0 Å². The Kier molecular flexibility index (Phi) is 4.30. The molecule has 1 aromatic rings. The van der Waals surface area contributed by atoms with Gasteiger partial charge in [-0.1, -0.05) is 23.7 Å². The lowest BCUT2D eigenvalue weighted by Crippen LogP contribution is -2.16. The molecule has 1 fully saturated rings. The van der Waals surface area contributed by atoms with Crippen molar-refractivity contribution in [3.63, 3.8) is 0 Å². The molecule has 0 amide bonds. The van der Waals surface area contributed by atoms with Crippen LogP contribution in [-0.2, 0) is 10.5 Å². The van der Waals surface area contributed by atoms with Gasteiger partial charge in [-0.15, -0.1) is 0 Å². The minimum atomic E-state index is 0.430. The number of hydrogen-bond acceptors (Lipinski definition) is 2. The molecule has 86 valence electrons. The molecule has 1 aliphatic rings. The summed E-state index contributed by atoms with van der Waals surface area (Å²) in [5.41, 5.74) is 1.28. The van der Waals surface area contributed by atoms with E-state index in [-0.39, 0.29) is 0 Å². The number of Topliss-reactive ketones (excluding diaryl/α,β-unsaturated/α-hetero) is 1. The molecule has 1 aliphatic carbocycles. The Morgan fingerprint density at radius 3 is 2.75 bits per heavy atom. The van der Waals surface area contributed by atoms with E-state index in [1.165, 1.54) is 12.0 Å². The Balaban J connectivity index is 1.82. The fraction of sp³-hybridized carbons (Fsp3) is 0.462. The topological polar surface area (TPSA) is 17.1 Å². The molecule has 0 saturated heterocycles. The second kappa shape index (κ2) is 5.74. The van der Waals surface area contributed by atoms with Gasteiger partial charge in [0.25, 0.3) is 0 Å². The number of carbonyl (C=O) groups is 1. The third-order valence-corrected chi connectivity index (χ3v) is 4.46. The number of carbonyl (C=O) groups excluding carboxylic acids is 1. The highest BCUT2D eigenvalue weighted by atomic mass is 35.5. The lowest BCUT2D eigenvalue weighted by molar-refractivity contribution is -0.120. The van der Waals surface area contributed by atoms with E-state index < -0.39 is 0 Å². The molecule has 0 aromatic heterocycles. The zero-order valence-corrected chi connectivity index (χ0v) is 10.7. The third kappa shape index (κ3) is 3.53. The summed E-state index contributed by atoms with van der Waals surface area (Å²) in [4.78, 5) is 11.3. The van der Waals surface area contributed by atoms with Crippen LogP contribution in [0.2, 0.25) is 5.02 Å². The van der Waals surface area contributed by atoms with Crippen molar-refractivity contribution in [2.24, 2.45) is 0 Å². The highest BCUT2D eigenvalue weighted by molar-refractivity contribution is 7.99. The molecule has 0 heterocycles. The molecular formula is C13H15ClOS. The Morgan fingerprint density at radius 2 is 2.06 bits per heavy atom. The predicted octanol–water partition coefficient (Wildman–Crippen LogP) is 4.08. The average Bonchev–Trinajstić information content (AvgIpc) is 2.28. The van der Waals surface area contributed by atoms with Crippen molar-refractivity contribution in [1.29, 1.82) is 0 Å². The van der Waals surface area contributed by atoms with Crippen LogP contribution < -0.4 is 0 Å². The van der Waals surface area contributed by atoms with Gasteiger partial charge in [0.15, 0.2) is 0 Å². The van der Waals surface area contributed by atoms with E-state index in [0.717, 1.165) is 30.0 Å².